The molecule has 43 heavy (non-hydrogen) atoms. The summed E-state index contributed by atoms with van der Waals surface area (Å²) in [5.74, 6) is 1.49. The SMILES string of the molecule is CCC(=O)CCC(C(C)=O)N1C(=O)c2cc(OCCCCCN3CCC(OC4CC(CC)C4)CC3)ccc2C1=C1CCC1. The lowest BCUT2D eigenvalue weighted by molar-refractivity contribution is -0.121. The van der Waals surface area contributed by atoms with Crippen molar-refractivity contribution in [1.82, 2.24) is 9.80 Å². The van der Waals surface area contributed by atoms with Crippen molar-refractivity contribution in [3.8, 4) is 5.75 Å². The summed E-state index contributed by atoms with van der Waals surface area (Å²) < 4.78 is 12.4. The Morgan fingerprint density at radius 1 is 1.00 bits per heavy atom. The third-order valence-electron chi connectivity index (χ3n) is 10.2. The maximum atomic E-state index is 13.7. The first-order valence-corrected chi connectivity index (χ1v) is 17.1. The number of fused-ring (bicyclic) bond motifs is 1. The molecule has 2 saturated carbocycles. The van der Waals surface area contributed by atoms with Crippen LogP contribution >= 0.6 is 0 Å². The molecule has 1 aromatic rings. The quantitative estimate of drug-likeness (QED) is 0.193. The number of Topliss-reactive ketones (excluding diaryl/α,β-unsaturated/α-hetero) is 2. The molecule has 7 nitrogen and oxygen atoms in total. The number of amides is 1. The molecule has 1 unspecified atom stereocenters. The van der Waals surface area contributed by atoms with Crippen LogP contribution in [0.1, 0.15) is 127 Å². The fraction of sp³-hybridized carbons (Fsp3) is 0.694. The van der Waals surface area contributed by atoms with E-state index in [0.29, 0.717) is 49.4 Å². The first-order valence-electron chi connectivity index (χ1n) is 17.1. The summed E-state index contributed by atoms with van der Waals surface area (Å²) in [6.07, 6.45) is 14.5. The first kappa shape index (κ1) is 31.9. The number of hydrogen-bond donors (Lipinski definition) is 0. The highest BCUT2D eigenvalue weighted by atomic mass is 16.5. The van der Waals surface area contributed by atoms with Gasteiger partial charge in [0.25, 0.3) is 5.91 Å². The van der Waals surface area contributed by atoms with E-state index in [2.05, 4.69) is 11.8 Å². The summed E-state index contributed by atoms with van der Waals surface area (Å²) >= 11 is 0. The molecule has 2 heterocycles. The third-order valence-corrected chi connectivity index (χ3v) is 10.2. The van der Waals surface area contributed by atoms with E-state index in [1.165, 1.54) is 31.8 Å². The highest BCUT2D eigenvalue weighted by Gasteiger charge is 2.41. The minimum absolute atomic E-state index is 0.0737. The van der Waals surface area contributed by atoms with Crippen LogP contribution in [0.25, 0.3) is 5.70 Å². The third kappa shape index (κ3) is 7.78. The molecular weight excluding hydrogens is 540 g/mol. The fourth-order valence-corrected chi connectivity index (χ4v) is 7.06. The van der Waals surface area contributed by atoms with Gasteiger partial charge < -0.3 is 14.4 Å². The van der Waals surface area contributed by atoms with Crippen molar-refractivity contribution < 1.29 is 23.9 Å². The van der Waals surface area contributed by atoms with Crippen molar-refractivity contribution in [2.24, 2.45) is 5.92 Å². The molecule has 1 amide bonds. The molecule has 0 radical (unpaired) electrons. The van der Waals surface area contributed by atoms with Gasteiger partial charge in [0.2, 0.25) is 0 Å². The normalized spacial score (nSPS) is 23.1. The van der Waals surface area contributed by atoms with E-state index in [-0.39, 0.29) is 17.5 Å². The fourth-order valence-electron chi connectivity index (χ4n) is 7.06. The van der Waals surface area contributed by atoms with Gasteiger partial charge in [0.05, 0.1) is 36.1 Å². The van der Waals surface area contributed by atoms with Crippen LogP contribution in [-0.2, 0) is 14.3 Å². The Morgan fingerprint density at radius 3 is 2.42 bits per heavy atom. The Bertz CT molecular complexity index is 1170. The molecule has 1 saturated heterocycles. The number of hydrogen-bond acceptors (Lipinski definition) is 6. The standard InChI is InChI=1S/C36H52N2O5/c1-4-26-22-31(23-26)43-29-16-19-37(20-17-29)18-7-6-8-21-42-30-13-14-32-33(24-30)36(41)38(35(32)27-10-9-11-27)34(25(3)39)15-12-28(40)5-2/h13-14,24,26,29,31,34H,4-12,15-23H2,1-3H3. The van der Waals surface area contributed by atoms with Crippen molar-refractivity contribution in [3.05, 3.63) is 34.9 Å². The van der Waals surface area contributed by atoms with Gasteiger partial charge in [-0.2, -0.15) is 0 Å². The smallest absolute Gasteiger partial charge is 0.259 e. The summed E-state index contributed by atoms with van der Waals surface area (Å²) in [7, 11) is 0. The molecule has 3 fully saturated rings. The number of unbranched alkanes of at least 4 members (excludes halogenated alkanes) is 2. The van der Waals surface area contributed by atoms with Gasteiger partial charge in [-0.1, -0.05) is 20.3 Å². The lowest BCUT2D eigenvalue weighted by Gasteiger charge is -2.39. The van der Waals surface area contributed by atoms with E-state index in [4.69, 9.17) is 9.47 Å². The van der Waals surface area contributed by atoms with Gasteiger partial charge in [-0.3, -0.25) is 19.3 Å². The highest BCUT2D eigenvalue weighted by Crippen LogP contribution is 2.44. The molecule has 0 bridgehead atoms. The zero-order valence-electron chi connectivity index (χ0n) is 26.7. The summed E-state index contributed by atoms with van der Waals surface area (Å²) in [5, 5.41) is 0. The van der Waals surface area contributed by atoms with Gasteiger partial charge in [0.15, 0.2) is 5.78 Å². The van der Waals surface area contributed by atoms with Crippen LogP contribution < -0.4 is 4.74 Å². The predicted molar refractivity (Wildman–Crippen MR) is 169 cm³/mol. The number of benzene rings is 1. The second-order valence-electron chi connectivity index (χ2n) is 13.2. The van der Waals surface area contributed by atoms with Crippen molar-refractivity contribution in [1.29, 1.82) is 0 Å². The second-order valence-corrected chi connectivity index (χ2v) is 13.2. The number of rotatable bonds is 16. The topological polar surface area (TPSA) is 76.2 Å². The van der Waals surface area contributed by atoms with E-state index >= 15 is 0 Å². The summed E-state index contributed by atoms with van der Waals surface area (Å²) in [6.45, 7) is 9.69. The van der Waals surface area contributed by atoms with E-state index in [0.717, 1.165) is 88.2 Å². The molecule has 0 aromatic heterocycles. The Balaban J connectivity index is 1.07. The average molecular weight is 593 g/mol. The first-order chi connectivity index (χ1) is 20.9. The molecule has 236 valence electrons. The van der Waals surface area contributed by atoms with Crippen molar-refractivity contribution in [2.75, 3.05) is 26.2 Å². The van der Waals surface area contributed by atoms with E-state index in [9.17, 15) is 14.4 Å². The average Bonchev–Trinajstić information content (AvgIpc) is 3.22. The summed E-state index contributed by atoms with van der Waals surface area (Å²) in [6, 6.07) is 5.18. The number of allylic oxidation sites excluding steroid dienone is 1. The molecule has 0 N–H and O–H groups in total. The zero-order valence-corrected chi connectivity index (χ0v) is 26.7. The van der Waals surface area contributed by atoms with Crippen LogP contribution in [0, 0.1) is 5.92 Å². The number of carbonyl (C=O) groups is 3. The Hall–Kier alpha value is -2.51. The van der Waals surface area contributed by atoms with E-state index in [1.54, 1.807) is 4.90 Å². The summed E-state index contributed by atoms with van der Waals surface area (Å²) in [5.41, 5.74) is 3.63. The maximum Gasteiger partial charge on any atom is 0.259 e. The maximum absolute atomic E-state index is 13.7. The van der Waals surface area contributed by atoms with E-state index < -0.39 is 6.04 Å². The van der Waals surface area contributed by atoms with Gasteiger partial charge >= 0.3 is 0 Å². The molecule has 4 aliphatic rings. The number of ketones is 2. The van der Waals surface area contributed by atoms with Crippen LogP contribution in [0.5, 0.6) is 5.75 Å². The van der Waals surface area contributed by atoms with Crippen LogP contribution in [0.3, 0.4) is 0 Å². The Morgan fingerprint density at radius 2 is 1.77 bits per heavy atom. The van der Waals surface area contributed by atoms with E-state index in [1.807, 2.05) is 25.1 Å². The van der Waals surface area contributed by atoms with Gasteiger partial charge in [0, 0.05) is 31.5 Å². The minimum atomic E-state index is -0.613. The van der Waals surface area contributed by atoms with Crippen molar-refractivity contribution >= 4 is 23.2 Å². The van der Waals surface area contributed by atoms with Crippen LogP contribution in [0.4, 0.5) is 0 Å². The molecule has 2 aliphatic carbocycles. The van der Waals surface area contributed by atoms with Gasteiger partial charge in [0.1, 0.15) is 11.5 Å². The largest absolute Gasteiger partial charge is 0.494 e. The van der Waals surface area contributed by atoms with Gasteiger partial charge in [-0.25, -0.2) is 0 Å². The zero-order chi connectivity index (χ0) is 30.3. The molecule has 7 heteroatoms. The van der Waals surface area contributed by atoms with Gasteiger partial charge in [-0.15, -0.1) is 0 Å². The van der Waals surface area contributed by atoms with Crippen molar-refractivity contribution in [2.45, 2.75) is 129 Å². The molecule has 2 aliphatic heterocycles. The number of likely N-dealkylation sites (tertiary alicyclic amines) is 1. The lowest BCUT2D eigenvalue weighted by atomic mass is 9.80. The minimum Gasteiger partial charge on any atom is -0.494 e. The molecule has 5 rings (SSSR count). The molecule has 1 atom stereocenters. The Labute approximate surface area is 258 Å². The summed E-state index contributed by atoms with van der Waals surface area (Å²) in [4.78, 5) is 42.8. The number of nitrogens with zero attached hydrogens (tertiary/aromatic N) is 2. The van der Waals surface area contributed by atoms with Crippen molar-refractivity contribution in [3.63, 3.8) is 0 Å². The predicted octanol–water partition coefficient (Wildman–Crippen LogP) is 6.97. The van der Waals surface area contributed by atoms with Crippen LogP contribution in [0.2, 0.25) is 0 Å². The second kappa shape index (κ2) is 15.0. The van der Waals surface area contributed by atoms with Crippen LogP contribution in [-0.4, -0.2) is 71.8 Å². The molecule has 1 aromatic carbocycles. The van der Waals surface area contributed by atoms with Gasteiger partial charge in [-0.05, 0) is 114 Å². The molecular formula is C36H52N2O5. The highest BCUT2D eigenvalue weighted by molar-refractivity contribution is 6.12. The number of ether oxygens (including phenoxy) is 2. The number of piperidine rings is 1. The van der Waals surface area contributed by atoms with Crippen LogP contribution in [0.15, 0.2) is 23.8 Å². The monoisotopic (exact) mass is 592 g/mol. The molecule has 0 spiro atoms. The lowest BCUT2D eigenvalue weighted by Crippen LogP contribution is -2.41. The number of carbonyl (C=O) groups excluding carboxylic acids is 3. The Kier molecular flexibility index (Phi) is 11.1.